The maximum atomic E-state index is 6.66. The zero-order valence-corrected chi connectivity index (χ0v) is 18.5. The van der Waals surface area contributed by atoms with Crippen molar-refractivity contribution in [2.45, 2.75) is 5.41 Å². The van der Waals surface area contributed by atoms with Crippen molar-refractivity contribution >= 4 is 33.4 Å². The third-order valence-corrected chi connectivity index (χ3v) is 7.89. The average molecular weight is 440 g/mol. The summed E-state index contributed by atoms with van der Waals surface area (Å²) in [4.78, 5) is 0. The van der Waals surface area contributed by atoms with E-state index in [-0.39, 0.29) is 0 Å². The molecule has 8 rings (SSSR count). The zero-order valence-electron chi connectivity index (χ0n) is 17.7. The summed E-state index contributed by atoms with van der Waals surface area (Å²) >= 11 is 6.66. The SMILES string of the molecule is Clc1ccc2c(c1)C1(c3ccccc3-2)c2ccccc2-n2c3ccccc3c3cccc1c32. The number of aromatic nitrogens is 1. The van der Waals surface area contributed by atoms with Crippen LogP contribution in [-0.2, 0) is 5.41 Å². The lowest BCUT2D eigenvalue weighted by molar-refractivity contribution is 0.748. The molecule has 0 bridgehead atoms. The first-order valence-electron chi connectivity index (χ1n) is 11.3. The van der Waals surface area contributed by atoms with Gasteiger partial charge >= 0.3 is 0 Å². The van der Waals surface area contributed by atoms with Crippen molar-refractivity contribution in [3.05, 3.63) is 136 Å². The first-order chi connectivity index (χ1) is 16.3. The van der Waals surface area contributed by atoms with Crippen molar-refractivity contribution in [3.8, 4) is 16.8 Å². The Kier molecular flexibility index (Phi) is 3.19. The minimum atomic E-state index is -0.405. The maximum absolute atomic E-state index is 6.66. The van der Waals surface area contributed by atoms with Gasteiger partial charge in [-0.3, -0.25) is 0 Å². The topological polar surface area (TPSA) is 4.93 Å². The molecule has 1 aromatic heterocycles. The predicted molar refractivity (Wildman–Crippen MR) is 137 cm³/mol. The van der Waals surface area contributed by atoms with Gasteiger partial charge in [0.25, 0.3) is 0 Å². The van der Waals surface area contributed by atoms with Crippen molar-refractivity contribution in [3.63, 3.8) is 0 Å². The molecule has 6 aromatic rings. The fourth-order valence-electron chi connectivity index (χ4n) is 6.53. The highest BCUT2D eigenvalue weighted by Crippen LogP contribution is 2.61. The molecule has 0 saturated heterocycles. The second kappa shape index (κ2) is 5.95. The molecule has 0 amide bonds. The van der Waals surface area contributed by atoms with E-state index in [1.54, 1.807) is 0 Å². The maximum Gasteiger partial charge on any atom is 0.0755 e. The van der Waals surface area contributed by atoms with E-state index in [1.165, 1.54) is 60.9 Å². The molecule has 1 unspecified atom stereocenters. The van der Waals surface area contributed by atoms with E-state index >= 15 is 0 Å². The van der Waals surface area contributed by atoms with E-state index < -0.39 is 5.41 Å². The van der Waals surface area contributed by atoms with E-state index in [0.29, 0.717) is 0 Å². The van der Waals surface area contributed by atoms with Gasteiger partial charge in [-0.2, -0.15) is 0 Å². The van der Waals surface area contributed by atoms with E-state index in [9.17, 15) is 0 Å². The van der Waals surface area contributed by atoms with Gasteiger partial charge in [0.1, 0.15) is 0 Å². The Hall–Kier alpha value is -3.81. The lowest BCUT2D eigenvalue weighted by Gasteiger charge is -2.39. The Labute approximate surface area is 196 Å². The predicted octanol–water partition coefficient (Wildman–Crippen LogP) is 8.11. The Balaban J connectivity index is 1.70. The van der Waals surface area contributed by atoms with E-state index in [4.69, 9.17) is 11.6 Å². The van der Waals surface area contributed by atoms with Crippen LogP contribution in [0.3, 0.4) is 0 Å². The number of hydrogen-bond donors (Lipinski definition) is 0. The van der Waals surface area contributed by atoms with Crippen molar-refractivity contribution in [1.82, 2.24) is 4.57 Å². The van der Waals surface area contributed by atoms with Gasteiger partial charge in [-0.1, -0.05) is 96.5 Å². The van der Waals surface area contributed by atoms with Crippen LogP contribution in [0.2, 0.25) is 5.02 Å². The summed E-state index contributed by atoms with van der Waals surface area (Å²) in [6.07, 6.45) is 0. The van der Waals surface area contributed by atoms with Crippen LogP contribution in [0.15, 0.2) is 109 Å². The summed E-state index contributed by atoms with van der Waals surface area (Å²) in [6, 6.07) is 39.7. The molecule has 2 aliphatic rings. The molecule has 1 aliphatic carbocycles. The van der Waals surface area contributed by atoms with Gasteiger partial charge in [0.05, 0.1) is 22.1 Å². The zero-order chi connectivity index (χ0) is 21.7. The lowest BCUT2D eigenvalue weighted by Crippen LogP contribution is -2.33. The Morgan fingerprint density at radius 1 is 0.545 bits per heavy atom. The molecular weight excluding hydrogens is 422 g/mol. The molecular formula is C31H18ClN. The second-order valence-electron chi connectivity index (χ2n) is 9.06. The van der Waals surface area contributed by atoms with E-state index in [2.05, 4.69) is 108 Å². The molecule has 1 aliphatic heterocycles. The highest BCUT2D eigenvalue weighted by molar-refractivity contribution is 6.30. The first kappa shape index (κ1) is 17.7. The number of para-hydroxylation sites is 3. The number of benzene rings is 5. The molecule has 1 spiro atoms. The van der Waals surface area contributed by atoms with Gasteiger partial charge in [-0.25, -0.2) is 0 Å². The number of halogens is 1. The minimum absolute atomic E-state index is 0.405. The fourth-order valence-corrected chi connectivity index (χ4v) is 6.71. The number of hydrogen-bond acceptors (Lipinski definition) is 0. The summed E-state index contributed by atoms with van der Waals surface area (Å²) in [7, 11) is 0. The lowest BCUT2D eigenvalue weighted by atomic mass is 9.65. The Morgan fingerprint density at radius 2 is 1.24 bits per heavy atom. The van der Waals surface area contributed by atoms with E-state index in [1.807, 2.05) is 6.07 Å². The van der Waals surface area contributed by atoms with Crippen molar-refractivity contribution < 1.29 is 0 Å². The highest BCUT2D eigenvalue weighted by atomic mass is 35.5. The normalized spacial score (nSPS) is 17.4. The highest BCUT2D eigenvalue weighted by Gasteiger charge is 2.50. The van der Waals surface area contributed by atoms with Crippen LogP contribution < -0.4 is 0 Å². The van der Waals surface area contributed by atoms with Gasteiger partial charge in [0, 0.05) is 15.8 Å². The Bertz CT molecular complexity index is 1790. The summed E-state index contributed by atoms with van der Waals surface area (Å²) < 4.78 is 2.46. The van der Waals surface area contributed by atoms with Gasteiger partial charge in [-0.05, 0) is 57.6 Å². The fraction of sp³-hybridized carbons (Fsp3) is 0.0323. The molecule has 1 nitrogen and oxygen atoms in total. The molecule has 0 saturated carbocycles. The van der Waals surface area contributed by atoms with Crippen molar-refractivity contribution in [2.75, 3.05) is 0 Å². The van der Waals surface area contributed by atoms with Crippen LogP contribution in [0.5, 0.6) is 0 Å². The Morgan fingerprint density at radius 3 is 2.18 bits per heavy atom. The molecule has 0 N–H and O–H groups in total. The van der Waals surface area contributed by atoms with Crippen LogP contribution in [0, 0.1) is 0 Å². The third-order valence-electron chi connectivity index (χ3n) is 7.65. The van der Waals surface area contributed by atoms with Gasteiger partial charge in [0.15, 0.2) is 0 Å². The van der Waals surface area contributed by atoms with Crippen LogP contribution >= 0.6 is 11.6 Å². The number of nitrogens with zero attached hydrogens (tertiary/aromatic N) is 1. The van der Waals surface area contributed by atoms with Crippen molar-refractivity contribution in [2.24, 2.45) is 0 Å². The van der Waals surface area contributed by atoms with E-state index in [0.717, 1.165) is 5.02 Å². The third kappa shape index (κ3) is 1.93. The van der Waals surface area contributed by atoms with Crippen LogP contribution in [0.1, 0.15) is 22.3 Å². The number of fused-ring (bicyclic) bond motifs is 12. The van der Waals surface area contributed by atoms with Crippen LogP contribution in [-0.4, -0.2) is 4.57 Å². The molecule has 33 heavy (non-hydrogen) atoms. The minimum Gasteiger partial charge on any atom is -0.309 e. The summed E-state index contributed by atoms with van der Waals surface area (Å²) in [5.74, 6) is 0. The molecule has 0 fully saturated rings. The average Bonchev–Trinajstić information content (AvgIpc) is 3.35. The second-order valence-corrected chi connectivity index (χ2v) is 9.49. The monoisotopic (exact) mass is 439 g/mol. The molecule has 154 valence electrons. The van der Waals surface area contributed by atoms with Crippen LogP contribution in [0.25, 0.3) is 38.6 Å². The first-order valence-corrected chi connectivity index (χ1v) is 11.7. The summed E-state index contributed by atoms with van der Waals surface area (Å²) in [6.45, 7) is 0. The molecule has 2 heterocycles. The standard InChI is InChI=1S/C31H18ClN/c32-19-16-17-21-20-8-1-3-11-24(20)31(27(21)18-19)25-12-4-6-15-29(25)33-28-14-5-2-9-22(28)23-10-7-13-26(31)30(23)33/h1-18H. The molecule has 1 atom stereocenters. The van der Waals surface area contributed by atoms with Crippen LogP contribution in [0.4, 0.5) is 0 Å². The largest absolute Gasteiger partial charge is 0.309 e. The number of rotatable bonds is 0. The van der Waals surface area contributed by atoms with Gasteiger partial charge < -0.3 is 4.57 Å². The smallest absolute Gasteiger partial charge is 0.0755 e. The van der Waals surface area contributed by atoms with Gasteiger partial charge in [0.2, 0.25) is 0 Å². The summed E-state index contributed by atoms with van der Waals surface area (Å²) in [5, 5.41) is 3.36. The molecule has 2 heteroatoms. The van der Waals surface area contributed by atoms with Gasteiger partial charge in [-0.15, -0.1) is 0 Å². The molecule has 5 aromatic carbocycles. The van der Waals surface area contributed by atoms with Crippen molar-refractivity contribution in [1.29, 1.82) is 0 Å². The molecule has 0 radical (unpaired) electrons. The quantitative estimate of drug-likeness (QED) is 0.225. The summed E-state index contributed by atoms with van der Waals surface area (Å²) in [5.41, 5.74) is 11.2.